The fourth-order valence-corrected chi connectivity index (χ4v) is 1.48. The molecule has 0 fully saturated rings. The van der Waals surface area contributed by atoms with Crippen molar-refractivity contribution in [3.05, 3.63) is 0 Å². The van der Waals surface area contributed by atoms with Gasteiger partial charge in [0.15, 0.2) is 0 Å². The van der Waals surface area contributed by atoms with Gasteiger partial charge in [-0.05, 0) is 48.0 Å². The van der Waals surface area contributed by atoms with Gasteiger partial charge >= 0.3 is 12.2 Å². The van der Waals surface area contributed by atoms with E-state index in [1.54, 1.807) is 48.6 Å². The average molecular weight is 369 g/mol. The molecule has 0 aliphatic heterocycles. The molecule has 0 aliphatic carbocycles. The lowest BCUT2D eigenvalue weighted by Crippen LogP contribution is -2.45. The van der Waals surface area contributed by atoms with Crippen molar-refractivity contribution in [3.8, 4) is 11.8 Å². The number of guanidine groups is 1. The Labute approximate surface area is 155 Å². The molecule has 0 aromatic heterocycles. The molecule has 2 N–H and O–H groups in total. The first-order valence-corrected chi connectivity index (χ1v) is 8.43. The second kappa shape index (κ2) is 10.7. The first-order valence-electron chi connectivity index (χ1n) is 8.43. The molecule has 0 unspecified atom stereocenters. The van der Waals surface area contributed by atoms with E-state index in [0.29, 0.717) is 12.8 Å². The number of aliphatic hydroxyl groups excluding tert-OH is 1. The molecule has 26 heavy (non-hydrogen) atoms. The van der Waals surface area contributed by atoms with Crippen LogP contribution in [0.2, 0.25) is 0 Å². The van der Waals surface area contributed by atoms with Crippen molar-refractivity contribution in [2.24, 2.45) is 4.99 Å². The lowest BCUT2D eigenvalue weighted by Gasteiger charge is -2.23. The molecule has 0 aromatic carbocycles. The maximum atomic E-state index is 12.0. The highest BCUT2D eigenvalue weighted by molar-refractivity contribution is 5.98. The number of nitrogens with one attached hydrogen (secondary N) is 1. The first kappa shape index (κ1) is 23.7. The summed E-state index contributed by atoms with van der Waals surface area (Å²) in [5, 5.41) is 11.2. The molecule has 0 bridgehead atoms. The van der Waals surface area contributed by atoms with Crippen LogP contribution in [-0.2, 0) is 9.47 Å². The number of carbonyl (C=O) groups excluding carboxylic acids is 2. The van der Waals surface area contributed by atoms with Crippen molar-refractivity contribution in [3.63, 3.8) is 0 Å². The molecular formula is C18H31N3O5. The molecule has 0 atom stereocenters. The molecule has 8 heteroatoms. The Bertz CT molecular complexity index is 562. The van der Waals surface area contributed by atoms with Crippen molar-refractivity contribution in [1.29, 1.82) is 0 Å². The third kappa shape index (κ3) is 13.1. The Morgan fingerprint density at radius 2 is 1.65 bits per heavy atom. The van der Waals surface area contributed by atoms with Gasteiger partial charge in [-0.1, -0.05) is 5.92 Å². The Kier molecular flexibility index (Phi) is 9.73. The van der Waals surface area contributed by atoms with Crippen LogP contribution >= 0.6 is 0 Å². The molecule has 8 nitrogen and oxygen atoms in total. The van der Waals surface area contributed by atoms with Crippen LogP contribution in [0.4, 0.5) is 9.59 Å². The Hall–Kier alpha value is -2.27. The van der Waals surface area contributed by atoms with E-state index in [2.05, 4.69) is 22.2 Å². The lowest BCUT2D eigenvalue weighted by molar-refractivity contribution is 0.0556. The number of unbranched alkanes of at least 4 members (excludes halogenated alkanes) is 1. The van der Waals surface area contributed by atoms with Gasteiger partial charge in [0.05, 0.1) is 6.54 Å². The predicted octanol–water partition coefficient (Wildman–Crippen LogP) is 2.51. The highest BCUT2D eigenvalue weighted by Gasteiger charge is 2.21. The summed E-state index contributed by atoms with van der Waals surface area (Å²) in [5.41, 5.74) is -1.40. The molecule has 0 spiro atoms. The largest absolute Gasteiger partial charge is 0.444 e. The third-order valence-electron chi connectivity index (χ3n) is 2.47. The van der Waals surface area contributed by atoms with Crippen molar-refractivity contribution >= 4 is 18.1 Å². The maximum Gasteiger partial charge on any atom is 0.437 e. The zero-order chi connectivity index (χ0) is 20.4. The quantitative estimate of drug-likeness (QED) is 0.343. The zero-order valence-corrected chi connectivity index (χ0v) is 16.8. The van der Waals surface area contributed by atoms with Crippen molar-refractivity contribution in [2.75, 3.05) is 20.2 Å². The lowest BCUT2D eigenvalue weighted by atomic mass is 10.2. The summed E-state index contributed by atoms with van der Waals surface area (Å²) >= 11 is 0. The normalized spacial score (nSPS) is 11.9. The molecule has 0 radical (unpaired) electrons. The van der Waals surface area contributed by atoms with Gasteiger partial charge in [0.25, 0.3) is 0 Å². The Balaban J connectivity index is 5.16. The number of nitrogens with zero attached hydrogens (tertiary/aromatic N) is 2. The SMILES string of the molecule is CN(CC#CCCCO)/C(=N\C(=O)OC(C)(C)C)NC(=O)OC(C)(C)C. The molecule has 0 saturated heterocycles. The van der Waals surface area contributed by atoms with Gasteiger partial charge in [-0.25, -0.2) is 9.59 Å². The van der Waals surface area contributed by atoms with E-state index in [-0.39, 0.29) is 19.1 Å². The predicted molar refractivity (Wildman–Crippen MR) is 99.8 cm³/mol. The van der Waals surface area contributed by atoms with E-state index < -0.39 is 23.4 Å². The van der Waals surface area contributed by atoms with Crippen LogP contribution in [0.1, 0.15) is 54.4 Å². The maximum absolute atomic E-state index is 12.0. The molecule has 148 valence electrons. The number of carbonyl (C=O) groups is 2. The minimum absolute atomic E-state index is 0.0232. The number of hydrogen-bond acceptors (Lipinski definition) is 5. The summed E-state index contributed by atoms with van der Waals surface area (Å²) in [6.07, 6.45) is -0.419. The van der Waals surface area contributed by atoms with Gasteiger partial charge in [0, 0.05) is 20.1 Å². The van der Waals surface area contributed by atoms with Crippen LogP contribution in [-0.4, -0.2) is 59.6 Å². The van der Waals surface area contributed by atoms with E-state index >= 15 is 0 Å². The van der Waals surface area contributed by atoms with Crippen LogP contribution in [0.5, 0.6) is 0 Å². The number of ether oxygens (including phenoxy) is 2. The third-order valence-corrected chi connectivity index (χ3v) is 2.47. The summed E-state index contributed by atoms with van der Waals surface area (Å²) in [6, 6.07) is 0. The Morgan fingerprint density at radius 3 is 2.15 bits per heavy atom. The number of amides is 2. The molecule has 0 heterocycles. The van der Waals surface area contributed by atoms with Gasteiger partial charge in [-0.15, -0.1) is 10.9 Å². The van der Waals surface area contributed by atoms with Gasteiger partial charge in [-0.3, -0.25) is 5.32 Å². The van der Waals surface area contributed by atoms with E-state index in [0.717, 1.165) is 0 Å². The summed E-state index contributed by atoms with van der Waals surface area (Å²) in [6.45, 7) is 10.7. The van der Waals surface area contributed by atoms with Crippen LogP contribution in [0.15, 0.2) is 4.99 Å². The number of hydrogen-bond donors (Lipinski definition) is 2. The number of aliphatic imine (C=N–C) groups is 1. The van der Waals surface area contributed by atoms with Crippen LogP contribution in [0.25, 0.3) is 0 Å². The topological polar surface area (TPSA) is 100 Å². The second-order valence-electron chi connectivity index (χ2n) is 7.58. The second-order valence-corrected chi connectivity index (χ2v) is 7.58. The van der Waals surface area contributed by atoms with Gasteiger partial charge in [0.2, 0.25) is 5.96 Å². The number of aliphatic hydroxyl groups is 1. The molecule has 0 aromatic rings. The minimum Gasteiger partial charge on any atom is -0.444 e. The smallest absolute Gasteiger partial charge is 0.437 e. The fourth-order valence-electron chi connectivity index (χ4n) is 1.48. The molecule has 0 rings (SSSR count). The number of rotatable bonds is 3. The van der Waals surface area contributed by atoms with Gasteiger partial charge in [-0.2, -0.15) is 0 Å². The highest BCUT2D eigenvalue weighted by Crippen LogP contribution is 2.09. The fraction of sp³-hybridized carbons (Fsp3) is 0.722. The van der Waals surface area contributed by atoms with Crippen LogP contribution < -0.4 is 5.32 Å². The molecule has 0 saturated carbocycles. The van der Waals surface area contributed by atoms with Crippen molar-refractivity contribution in [1.82, 2.24) is 10.2 Å². The first-order chi connectivity index (χ1) is 11.8. The van der Waals surface area contributed by atoms with Crippen molar-refractivity contribution < 1.29 is 24.2 Å². The summed E-state index contributed by atoms with van der Waals surface area (Å²) in [5.74, 6) is 5.75. The van der Waals surface area contributed by atoms with Crippen LogP contribution in [0, 0.1) is 11.8 Å². The average Bonchev–Trinajstić information content (AvgIpc) is 2.42. The summed E-state index contributed by atoms with van der Waals surface area (Å²) in [4.78, 5) is 29.3. The minimum atomic E-state index is -0.830. The van der Waals surface area contributed by atoms with Gasteiger partial charge < -0.3 is 19.5 Å². The zero-order valence-electron chi connectivity index (χ0n) is 16.8. The summed E-state index contributed by atoms with van der Waals surface area (Å²) < 4.78 is 10.3. The molecular weight excluding hydrogens is 338 g/mol. The Morgan fingerprint density at radius 1 is 1.08 bits per heavy atom. The van der Waals surface area contributed by atoms with E-state index in [1.807, 2.05) is 0 Å². The number of alkyl carbamates (subject to hydrolysis) is 1. The van der Waals surface area contributed by atoms with Crippen molar-refractivity contribution in [2.45, 2.75) is 65.6 Å². The van der Waals surface area contributed by atoms with Gasteiger partial charge in [0.1, 0.15) is 11.2 Å². The van der Waals surface area contributed by atoms with E-state index in [9.17, 15) is 9.59 Å². The molecule has 0 aliphatic rings. The van der Waals surface area contributed by atoms with E-state index in [1.165, 1.54) is 4.90 Å². The van der Waals surface area contributed by atoms with Crippen LogP contribution in [0.3, 0.4) is 0 Å². The standard InChI is InChI=1S/C18H31N3O5/c1-17(2,3)25-15(23)19-14(20-16(24)26-18(4,5)6)21(7)12-10-8-9-11-13-22/h22H,9,11-13H2,1-7H3,(H,19,20,23,24). The monoisotopic (exact) mass is 369 g/mol. The highest BCUT2D eigenvalue weighted by atomic mass is 16.6. The van der Waals surface area contributed by atoms with E-state index in [4.69, 9.17) is 14.6 Å². The summed E-state index contributed by atoms with van der Waals surface area (Å²) in [7, 11) is 1.63. The molecule has 2 amide bonds.